The molecule has 1 saturated heterocycles. The van der Waals surface area contributed by atoms with Gasteiger partial charge in [-0.05, 0) is 25.5 Å². The Bertz CT molecular complexity index is 880. The fourth-order valence-electron chi connectivity index (χ4n) is 2.69. The van der Waals surface area contributed by atoms with Crippen LogP contribution in [-0.2, 0) is 29.2 Å². The molecule has 0 aliphatic carbocycles. The summed E-state index contributed by atoms with van der Waals surface area (Å²) in [5.41, 5.74) is 5.76. The van der Waals surface area contributed by atoms with Gasteiger partial charge in [0, 0.05) is 6.42 Å². The first-order valence-electron chi connectivity index (χ1n) is 7.99. The van der Waals surface area contributed by atoms with Crippen LogP contribution in [0.15, 0.2) is 29.2 Å². The number of hydrogen-bond acceptors (Lipinski definition) is 6. The van der Waals surface area contributed by atoms with E-state index in [1.54, 1.807) is 19.1 Å². The standard InChI is InChI=1S/C16H19N3O7S/c1-9-2-4-10(5-3-9)27(25,26)19-12(6-7-14(19)21)15(22)18-11(16(23)24)8-13(17)20/h2-5,11-12H,6-8H2,1H3,(H2,17,20)(H,18,22)(H,23,24)/t11-,12-/m0/s1. The summed E-state index contributed by atoms with van der Waals surface area (Å²) >= 11 is 0. The number of primary amides is 1. The Hall–Kier alpha value is -2.95. The zero-order valence-corrected chi connectivity index (χ0v) is 15.2. The summed E-state index contributed by atoms with van der Waals surface area (Å²) in [4.78, 5) is 46.5. The molecule has 3 amide bonds. The van der Waals surface area contributed by atoms with Gasteiger partial charge in [-0.2, -0.15) is 0 Å². The fourth-order valence-corrected chi connectivity index (χ4v) is 4.30. The monoisotopic (exact) mass is 397 g/mol. The maximum Gasteiger partial charge on any atom is 0.326 e. The van der Waals surface area contributed by atoms with Crippen molar-refractivity contribution in [3.63, 3.8) is 0 Å². The Morgan fingerprint density at radius 1 is 1.30 bits per heavy atom. The van der Waals surface area contributed by atoms with Crippen LogP contribution < -0.4 is 11.1 Å². The molecule has 0 unspecified atom stereocenters. The van der Waals surface area contributed by atoms with Crippen molar-refractivity contribution >= 4 is 33.7 Å². The maximum absolute atomic E-state index is 12.8. The number of benzene rings is 1. The second-order valence-corrected chi connectivity index (χ2v) is 7.95. The molecule has 2 atom stereocenters. The number of rotatable bonds is 7. The van der Waals surface area contributed by atoms with Crippen molar-refractivity contribution in [2.45, 2.75) is 43.2 Å². The number of nitrogens with zero attached hydrogens (tertiary/aromatic N) is 1. The Morgan fingerprint density at radius 3 is 2.41 bits per heavy atom. The van der Waals surface area contributed by atoms with Gasteiger partial charge < -0.3 is 16.2 Å². The van der Waals surface area contributed by atoms with Crippen LogP contribution in [0.25, 0.3) is 0 Å². The van der Waals surface area contributed by atoms with Crippen LogP contribution in [0.3, 0.4) is 0 Å². The number of amides is 3. The minimum atomic E-state index is -4.29. The van der Waals surface area contributed by atoms with E-state index in [4.69, 9.17) is 10.8 Å². The largest absolute Gasteiger partial charge is 0.480 e. The highest BCUT2D eigenvalue weighted by atomic mass is 32.2. The van der Waals surface area contributed by atoms with Crippen LogP contribution in [0.5, 0.6) is 0 Å². The minimum Gasteiger partial charge on any atom is -0.480 e. The number of nitrogens with two attached hydrogens (primary N) is 1. The zero-order valence-electron chi connectivity index (χ0n) is 14.4. The molecule has 4 N–H and O–H groups in total. The second kappa shape index (κ2) is 7.74. The molecule has 0 saturated carbocycles. The van der Waals surface area contributed by atoms with E-state index in [9.17, 15) is 27.6 Å². The number of sulfonamides is 1. The number of carbonyl (C=O) groups is 4. The van der Waals surface area contributed by atoms with Crippen molar-refractivity contribution in [2.75, 3.05) is 0 Å². The van der Waals surface area contributed by atoms with Gasteiger partial charge in [-0.3, -0.25) is 14.4 Å². The van der Waals surface area contributed by atoms with Gasteiger partial charge in [0.1, 0.15) is 12.1 Å². The molecule has 1 fully saturated rings. The number of carbonyl (C=O) groups excluding carboxylic acids is 3. The van der Waals surface area contributed by atoms with Crippen molar-refractivity contribution in [1.29, 1.82) is 0 Å². The zero-order chi connectivity index (χ0) is 20.4. The molecule has 1 aromatic carbocycles. The van der Waals surface area contributed by atoms with E-state index >= 15 is 0 Å². The van der Waals surface area contributed by atoms with Crippen molar-refractivity contribution in [2.24, 2.45) is 5.73 Å². The molecular formula is C16H19N3O7S. The number of nitrogens with one attached hydrogen (secondary N) is 1. The molecule has 27 heavy (non-hydrogen) atoms. The lowest BCUT2D eigenvalue weighted by Gasteiger charge is -2.25. The Morgan fingerprint density at radius 2 is 1.89 bits per heavy atom. The summed E-state index contributed by atoms with van der Waals surface area (Å²) < 4.78 is 26.1. The van der Waals surface area contributed by atoms with E-state index in [2.05, 4.69) is 5.32 Å². The lowest BCUT2D eigenvalue weighted by Crippen LogP contribution is -2.52. The number of aliphatic carboxylic acids is 1. The van der Waals surface area contributed by atoms with Crippen LogP contribution in [0, 0.1) is 6.92 Å². The smallest absolute Gasteiger partial charge is 0.326 e. The highest BCUT2D eigenvalue weighted by Crippen LogP contribution is 2.27. The molecule has 0 bridgehead atoms. The van der Waals surface area contributed by atoms with Gasteiger partial charge in [-0.25, -0.2) is 17.5 Å². The number of carboxylic acid groups (broad SMARTS) is 1. The summed E-state index contributed by atoms with van der Waals surface area (Å²) in [6, 6.07) is 2.72. The fraction of sp³-hybridized carbons (Fsp3) is 0.375. The Labute approximate surface area is 155 Å². The van der Waals surface area contributed by atoms with Gasteiger partial charge in [0.25, 0.3) is 10.0 Å². The topological polar surface area (TPSA) is 164 Å². The first-order chi connectivity index (χ1) is 12.5. The molecule has 1 aliphatic rings. The van der Waals surface area contributed by atoms with Gasteiger partial charge in [0.05, 0.1) is 11.3 Å². The third-order valence-electron chi connectivity index (χ3n) is 4.06. The SMILES string of the molecule is Cc1ccc(S(=O)(=O)N2C(=O)CC[C@H]2C(=O)N[C@@H](CC(N)=O)C(=O)O)cc1. The third kappa shape index (κ3) is 4.42. The molecule has 0 spiro atoms. The van der Waals surface area contributed by atoms with Crippen LogP contribution in [0.2, 0.25) is 0 Å². The summed E-state index contributed by atoms with van der Waals surface area (Å²) in [7, 11) is -4.29. The normalized spacial score (nSPS) is 18.2. The van der Waals surface area contributed by atoms with Crippen molar-refractivity contribution < 1.29 is 32.7 Å². The average Bonchev–Trinajstić information content (AvgIpc) is 2.96. The van der Waals surface area contributed by atoms with Gasteiger partial charge in [-0.1, -0.05) is 17.7 Å². The molecule has 11 heteroatoms. The van der Waals surface area contributed by atoms with E-state index < -0.39 is 52.2 Å². The summed E-state index contributed by atoms with van der Waals surface area (Å²) in [5, 5.41) is 11.1. The quantitative estimate of drug-likeness (QED) is 0.537. The summed E-state index contributed by atoms with van der Waals surface area (Å²) in [5.74, 6) is -4.20. The molecule has 10 nitrogen and oxygen atoms in total. The lowest BCUT2D eigenvalue weighted by molar-refractivity contribution is -0.144. The van der Waals surface area contributed by atoms with Crippen LogP contribution in [-0.4, -0.2) is 53.6 Å². The molecular weight excluding hydrogens is 378 g/mol. The predicted molar refractivity (Wildman–Crippen MR) is 91.6 cm³/mol. The number of hydrogen-bond donors (Lipinski definition) is 3. The van der Waals surface area contributed by atoms with Crippen LogP contribution >= 0.6 is 0 Å². The molecule has 1 aliphatic heterocycles. The molecule has 0 aromatic heterocycles. The average molecular weight is 397 g/mol. The summed E-state index contributed by atoms with van der Waals surface area (Å²) in [6.07, 6.45) is -0.943. The minimum absolute atomic E-state index is 0.0985. The van der Waals surface area contributed by atoms with Crippen LogP contribution in [0.1, 0.15) is 24.8 Å². The Balaban J connectivity index is 2.29. The third-order valence-corrected chi connectivity index (χ3v) is 5.90. The van der Waals surface area contributed by atoms with E-state index in [1.165, 1.54) is 12.1 Å². The maximum atomic E-state index is 12.8. The number of carboxylic acids is 1. The molecule has 146 valence electrons. The molecule has 1 aromatic rings. The Kier molecular flexibility index (Phi) is 5.84. The van der Waals surface area contributed by atoms with Gasteiger partial charge in [0.2, 0.25) is 17.7 Å². The van der Waals surface area contributed by atoms with Crippen molar-refractivity contribution in [3.05, 3.63) is 29.8 Å². The summed E-state index contributed by atoms with van der Waals surface area (Å²) in [6.45, 7) is 1.76. The van der Waals surface area contributed by atoms with Crippen LogP contribution in [0.4, 0.5) is 0 Å². The number of aryl methyl sites for hydroxylation is 1. The van der Waals surface area contributed by atoms with Crippen molar-refractivity contribution in [3.8, 4) is 0 Å². The molecule has 2 rings (SSSR count). The predicted octanol–water partition coefficient (Wildman–Crippen LogP) is -0.880. The van der Waals surface area contributed by atoms with Gasteiger partial charge in [0.15, 0.2) is 0 Å². The first kappa shape index (κ1) is 20.4. The van der Waals surface area contributed by atoms with E-state index in [1.807, 2.05) is 0 Å². The lowest BCUT2D eigenvalue weighted by atomic mass is 10.1. The molecule has 1 heterocycles. The highest BCUT2D eigenvalue weighted by molar-refractivity contribution is 7.89. The van der Waals surface area contributed by atoms with Crippen molar-refractivity contribution in [1.82, 2.24) is 9.62 Å². The van der Waals surface area contributed by atoms with E-state index in [0.29, 0.717) is 4.31 Å². The highest BCUT2D eigenvalue weighted by Gasteiger charge is 2.45. The second-order valence-electron chi connectivity index (χ2n) is 6.13. The molecule has 0 radical (unpaired) electrons. The van der Waals surface area contributed by atoms with Gasteiger partial charge in [-0.15, -0.1) is 0 Å². The van der Waals surface area contributed by atoms with Gasteiger partial charge >= 0.3 is 5.97 Å². The van der Waals surface area contributed by atoms with E-state index in [-0.39, 0.29) is 17.7 Å². The first-order valence-corrected chi connectivity index (χ1v) is 9.43. The van der Waals surface area contributed by atoms with E-state index in [0.717, 1.165) is 5.56 Å².